The summed E-state index contributed by atoms with van der Waals surface area (Å²) in [5.74, 6) is 0.286. The zero-order chi connectivity index (χ0) is 9.68. The van der Waals surface area contributed by atoms with Crippen molar-refractivity contribution in [2.75, 3.05) is 6.61 Å². The maximum Gasteiger partial charge on any atom is 0.123 e. The molecule has 0 heterocycles. The van der Waals surface area contributed by atoms with E-state index in [9.17, 15) is 5.11 Å². The minimum Gasteiger partial charge on any atom is -0.507 e. The fourth-order valence-electron chi connectivity index (χ4n) is 1.08. The van der Waals surface area contributed by atoms with E-state index in [-0.39, 0.29) is 12.4 Å². The van der Waals surface area contributed by atoms with Gasteiger partial charge in [0.05, 0.1) is 0 Å². The Morgan fingerprint density at radius 3 is 2.77 bits per heavy atom. The van der Waals surface area contributed by atoms with Crippen LogP contribution in [0.4, 0.5) is 0 Å². The molecule has 0 aliphatic heterocycles. The van der Waals surface area contributed by atoms with Gasteiger partial charge < -0.3 is 10.2 Å². The summed E-state index contributed by atoms with van der Waals surface area (Å²) in [4.78, 5) is 0. The maximum absolute atomic E-state index is 9.48. The lowest BCUT2D eigenvalue weighted by Crippen LogP contribution is -1.79. The molecule has 13 heavy (non-hydrogen) atoms. The molecule has 1 rings (SSSR count). The minimum atomic E-state index is 0.142. The summed E-state index contributed by atoms with van der Waals surface area (Å²) >= 11 is 0. The van der Waals surface area contributed by atoms with Gasteiger partial charge in [-0.1, -0.05) is 24.3 Å². The molecule has 70 valence electrons. The van der Waals surface area contributed by atoms with Gasteiger partial charge in [0.1, 0.15) is 5.75 Å². The zero-order valence-electron chi connectivity index (χ0n) is 7.70. The van der Waals surface area contributed by atoms with Crippen LogP contribution in [0.25, 0.3) is 6.08 Å². The number of aromatic hydroxyl groups is 1. The average Bonchev–Trinajstić information content (AvgIpc) is 2.09. The number of benzene rings is 1. The van der Waals surface area contributed by atoms with Gasteiger partial charge >= 0.3 is 0 Å². The first-order valence-corrected chi connectivity index (χ1v) is 4.31. The molecule has 0 aromatic heterocycles. The molecule has 0 amide bonds. The highest BCUT2D eigenvalue weighted by molar-refractivity contribution is 5.57. The third kappa shape index (κ3) is 2.92. The molecule has 0 saturated carbocycles. The minimum absolute atomic E-state index is 0.142. The van der Waals surface area contributed by atoms with Gasteiger partial charge in [-0.3, -0.25) is 0 Å². The van der Waals surface area contributed by atoms with Crippen LogP contribution >= 0.6 is 0 Å². The largest absolute Gasteiger partial charge is 0.507 e. The Balaban J connectivity index is 2.77. The number of aryl methyl sites for hydroxylation is 1. The second-order valence-electron chi connectivity index (χ2n) is 2.98. The van der Waals surface area contributed by atoms with E-state index in [2.05, 4.69) is 0 Å². The van der Waals surface area contributed by atoms with Crippen molar-refractivity contribution >= 4 is 6.08 Å². The number of phenolic OH excluding ortho intramolecular Hbond substituents is 1. The lowest BCUT2D eigenvalue weighted by atomic mass is 10.1. The number of rotatable bonds is 3. The van der Waals surface area contributed by atoms with Crippen molar-refractivity contribution in [3.8, 4) is 5.75 Å². The molecular weight excluding hydrogens is 164 g/mol. The maximum atomic E-state index is 9.48. The molecule has 0 atom stereocenters. The lowest BCUT2D eigenvalue weighted by Gasteiger charge is -1.99. The van der Waals surface area contributed by atoms with E-state index in [1.54, 1.807) is 6.07 Å². The van der Waals surface area contributed by atoms with Crippen LogP contribution in [0.5, 0.6) is 5.75 Å². The van der Waals surface area contributed by atoms with Crippen molar-refractivity contribution in [3.05, 3.63) is 35.4 Å². The van der Waals surface area contributed by atoms with Crippen molar-refractivity contribution in [1.82, 2.24) is 0 Å². The van der Waals surface area contributed by atoms with E-state index >= 15 is 0 Å². The van der Waals surface area contributed by atoms with Crippen LogP contribution in [-0.4, -0.2) is 16.8 Å². The third-order valence-corrected chi connectivity index (χ3v) is 1.78. The second-order valence-corrected chi connectivity index (χ2v) is 2.98. The van der Waals surface area contributed by atoms with Crippen LogP contribution in [0.15, 0.2) is 24.3 Å². The number of phenols is 1. The summed E-state index contributed by atoms with van der Waals surface area (Å²) in [6, 6.07) is 5.52. The van der Waals surface area contributed by atoms with E-state index in [0.717, 1.165) is 11.1 Å². The first kappa shape index (κ1) is 9.81. The Morgan fingerprint density at radius 2 is 2.15 bits per heavy atom. The molecule has 0 aliphatic carbocycles. The Labute approximate surface area is 78.2 Å². The van der Waals surface area contributed by atoms with Gasteiger partial charge in [-0.2, -0.15) is 0 Å². The van der Waals surface area contributed by atoms with Gasteiger partial charge in [-0.05, 0) is 25.0 Å². The molecule has 0 radical (unpaired) electrons. The van der Waals surface area contributed by atoms with Crippen LogP contribution in [0.2, 0.25) is 0 Å². The Kier molecular flexibility index (Phi) is 3.53. The first-order valence-electron chi connectivity index (χ1n) is 4.31. The van der Waals surface area contributed by atoms with E-state index < -0.39 is 0 Å². The smallest absolute Gasteiger partial charge is 0.123 e. The van der Waals surface area contributed by atoms with E-state index in [4.69, 9.17) is 5.11 Å². The van der Waals surface area contributed by atoms with E-state index in [0.29, 0.717) is 6.42 Å². The standard InChI is InChI=1S/C11H14O2/c1-9-5-6-10(11(13)8-9)4-2-3-7-12/h2,4-6,8,12-13H,3,7H2,1H3. The van der Waals surface area contributed by atoms with Gasteiger partial charge in [0.2, 0.25) is 0 Å². The molecule has 1 aromatic rings. The van der Waals surface area contributed by atoms with E-state index in [1.807, 2.05) is 31.2 Å². The van der Waals surface area contributed by atoms with Crippen LogP contribution in [0.1, 0.15) is 17.5 Å². The molecule has 0 bridgehead atoms. The molecule has 0 fully saturated rings. The predicted octanol–water partition coefficient (Wildman–Crippen LogP) is 2.10. The predicted molar refractivity (Wildman–Crippen MR) is 53.6 cm³/mol. The molecule has 0 spiro atoms. The highest BCUT2D eigenvalue weighted by atomic mass is 16.3. The molecule has 2 heteroatoms. The normalized spacial score (nSPS) is 10.9. The topological polar surface area (TPSA) is 40.5 Å². The van der Waals surface area contributed by atoms with Gasteiger partial charge in [0.25, 0.3) is 0 Å². The highest BCUT2D eigenvalue weighted by Crippen LogP contribution is 2.19. The molecule has 2 N–H and O–H groups in total. The number of hydrogen-bond acceptors (Lipinski definition) is 2. The van der Waals surface area contributed by atoms with Gasteiger partial charge in [0.15, 0.2) is 0 Å². The first-order chi connectivity index (χ1) is 6.24. The van der Waals surface area contributed by atoms with E-state index in [1.165, 1.54) is 0 Å². The van der Waals surface area contributed by atoms with Crippen molar-refractivity contribution < 1.29 is 10.2 Å². The van der Waals surface area contributed by atoms with Gasteiger partial charge in [-0.25, -0.2) is 0 Å². The highest BCUT2D eigenvalue weighted by Gasteiger charge is 1.95. The zero-order valence-corrected chi connectivity index (χ0v) is 7.70. The molecule has 0 saturated heterocycles. The van der Waals surface area contributed by atoms with Crippen LogP contribution in [0.3, 0.4) is 0 Å². The fourth-order valence-corrected chi connectivity index (χ4v) is 1.08. The van der Waals surface area contributed by atoms with Crippen LogP contribution in [0, 0.1) is 6.92 Å². The number of aliphatic hydroxyl groups excluding tert-OH is 1. The summed E-state index contributed by atoms with van der Waals surface area (Å²) in [6.45, 7) is 2.07. The third-order valence-electron chi connectivity index (χ3n) is 1.78. The molecule has 2 nitrogen and oxygen atoms in total. The fraction of sp³-hybridized carbons (Fsp3) is 0.273. The number of aliphatic hydroxyl groups is 1. The Hall–Kier alpha value is -1.28. The molecule has 0 unspecified atom stereocenters. The summed E-state index contributed by atoms with van der Waals surface area (Å²) in [5, 5.41) is 18.0. The van der Waals surface area contributed by atoms with Gasteiger partial charge in [-0.15, -0.1) is 0 Å². The monoisotopic (exact) mass is 178 g/mol. The molecular formula is C11H14O2. The Bertz CT molecular complexity index is 303. The summed E-state index contributed by atoms with van der Waals surface area (Å²) in [7, 11) is 0. The van der Waals surface area contributed by atoms with Crippen molar-refractivity contribution in [3.63, 3.8) is 0 Å². The quantitative estimate of drug-likeness (QED) is 0.744. The van der Waals surface area contributed by atoms with Crippen molar-refractivity contribution in [2.45, 2.75) is 13.3 Å². The number of hydrogen-bond donors (Lipinski definition) is 2. The lowest BCUT2D eigenvalue weighted by molar-refractivity contribution is 0.303. The summed E-state index contributed by atoms with van der Waals surface area (Å²) < 4.78 is 0. The second kappa shape index (κ2) is 4.67. The van der Waals surface area contributed by atoms with Crippen molar-refractivity contribution in [1.29, 1.82) is 0 Å². The molecule has 0 aliphatic rings. The van der Waals surface area contributed by atoms with Crippen LogP contribution < -0.4 is 0 Å². The van der Waals surface area contributed by atoms with Gasteiger partial charge in [0, 0.05) is 12.2 Å². The SMILES string of the molecule is Cc1ccc(C=CCCO)c(O)c1. The Morgan fingerprint density at radius 1 is 1.38 bits per heavy atom. The average molecular weight is 178 g/mol. The molecule has 1 aromatic carbocycles. The van der Waals surface area contributed by atoms with Crippen molar-refractivity contribution in [2.24, 2.45) is 0 Å². The summed E-state index contributed by atoms with van der Waals surface area (Å²) in [6.07, 6.45) is 4.27. The van der Waals surface area contributed by atoms with Crippen LogP contribution in [-0.2, 0) is 0 Å². The summed E-state index contributed by atoms with van der Waals surface area (Å²) in [5.41, 5.74) is 1.83.